The Morgan fingerprint density at radius 1 is 1.38 bits per heavy atom. The van der Waals surface area contributed by atoms with E-state index in [1.54, 1.807) is 26.8 Å². The van der Waals surface area contributed by atoms with Crippen LogP contribution in [0, 0.1) is 0 Å². The van der Waals surface area contributed by atoms with Crippen LogP contribution >= 0.6 is 15.9 Å². The van der Waals surface area contributed by atoms with Gasteiger partial charge in [0.15, 0.2) is 0 Å². The zero-order valence-electron chi connectivity index (χ0n) is 12.2. The second kappa shape index (κ2) is 5.67. The summed E-state index contributed by atoms with van der Waals surface area (Å²) in [6.07, 6.45) is -0.484. The van der Waals surface area contributed by atoms with Crippen LogP contribution in [-0.4, -0.2) is 34.2 Å². The van der Waals surface area contributed by atoms with Crippen LogP contribution in [0.25, 0.3) is 0 Å². The summed E-state index contributed by atoms with van der Waals surface area (Å²) in [6.45, 7) is 5.84. The number of hydrogen-bond donors (Lipinski definition) is 1. The Kier molecular flexibility index (Phi) is 4.27. The molecule has 1 aliphatic heterocycles. The van der Waals surface area contributed by atoms with Gasteiger partial charge < -0.3 is 14.7 Å². The number of aliphatic carboxylic acids is 1. The summed E-state index contributed by atoms with van der Waals surface area (Å²) in [5.41, 5.74) is 0.981. The largest absolute Gasteiger partial charge is 0.481 e. The van der Waals surface area contributed by atoms with Crippen LogP contribution in [0.5, 0.6) is 0 Å². The van der Waals surface area contributed by atoms with Crippen molar-refractivity contribution in [2.45, 2.75) is 38.8 Å². The van der Waals surface area contributed by atoms with Gasteiger partial charge in [0.25, 0.3) is 0 Å². The average Bonchev–Trinajstić information content (AvgIpc) is 2.35. The molecule has 1 aliphatic rings. The Hall–Kier alpha value is -1.56. The molecule has 0 saturated heterocycles. The summed E-state index contributed by atoms with van der Waals surface area (Å²) >= 11 is 3.35. The van der Waals surface area contributed by atoms with Crippen molar-refractivity contribution in [3.63, 3.8) is 0 Å². The van der Waals surface area contributed by atoms with Gasteiger partial charge in [-0.2, -0.15) is 0 Å². The zero-order chi connectivity index (χ0) is 15.8. The third-order valence-electron chi connectivity index (χ3n) is 3.20. The molecule has 6 heteroatoms. The lowest BCUT2D eigenvalue weighted by atomic mass is 9.90. The van der Waals surface area contributed by atoms with Gasteiger partial charge in [0.1, 0.15) is 5.60 Å². The number of carboxylic acids is 1. The van der Waals surface area contributed by atoms with E-state index in [9.17, 15) is 14.7 Å². The molecule has 0 aromatic heterocycles. The molecule has 114 valence electrons. The SMILES string of the molecule is CC(C)(C)OC(=O)N1Cc2ccc(Br)cc2C(C(=O)O)C1. The molecule has 1 aromatic rings. The number of halogens is 1. The Morgan fingerprint density at radius 3 is 2.62 bits per heavy atom. The highest BCUT2D eigenvalue weighted by Crippen LogP contribution is 2.31. The fraction of sp³-hybridized carbons (Fsp3) is 0.467. The maximum atomic E-state index is 12.2. The molecule has 5 nitrogen and oxygen atoms in total. The summed E-state index contributed by atoms with van der Waals surface area (Å²) < 4.78 is 6.16. The Bertz CT molecular complexity index is 580. The number of benzene rings is 1. The quantitative estimate of drug-likeness (QED) is 0.838. The lowest BCUT2D eigenvalue weighted by molar-refractivity contribution is -0.139. The number of rotatable bonds is 1. The summed E-state index contributed by atoms with van der Waals surface area (Å²) in [5, 5.41) is 9.41. The van der Waals surface area contributed by atoms with Crippen LogP contribution in [0.1, 0.15) is 37.8 Å². The van der Waals surface area contributed by atoms with E-state index in [0.29, 0.717) is 6.54 Å². The molecule has 1 aromatic carbocycles. The Balaban J connectivity index is 2.29. The molecule has 0 saturated carbocycles. The minimum absolute atomic E-state index is 0.119. The predicted octanol–water partition coefficient (Wildman–Crippen LogP) is 3.37. The number of fused-ring (bicyclic) bond motifs is 1. The molecule has 0 aliphatic carbocycles. The van der Waals surface area contributed by atoms with E-state index in [2.05, 4.69) is 15.9 Å². The van der Waals surface area contributed by atoms with Gasteiger partial charge in [-0.1, -0.05) is 22.0 Å². The number of ether oxygens (including phenoxy) is 1. The van der Waals surface area contributed by atoms with Crippen molar-refractivity contribution in [3.8, 4) is 0 Å². The number of nitrogens with zero attached hydrogens (tertiary/aromatic N) is 1. The second-order valence-electron chi connectivity index (χ2n) is 6.09. The summed E-state index contributed by atoms with van der Waals surface area (Å²) in [7, 11) is 0. The van der Waals surface area contributed by atoms with E-state index in [0.717, 1.165) is 15.6 Å². The first kappa shape index (κ1) is 15.8. The van der Waals surface area contributed by atoms with E-state index in [-0.39, 0.29) is 6.54 Å². The minimum atomic E-state index is -0.942. The minimum Gasteiger partial charge on any atom is -0.481 e. The smallest absolute Gasteiger partial charge is 0.410 e. The van der Waals surface area contributed by atoms with Gasteiger partial charge in [0.05, 0.1) is 5.92 Å². The molecule has 2 rings (SSSR count). The van der Waals surface area contributed by atoms with Gasteiger partial charge in [-0.15, -0.1) is 0 Å². The van der Waals surface area contributed by atoms with Crippen LogP contribution in [0.3, 0.4) is 0 Å². The Morgan fingerprint density at radius 2 is 2.05 bits per heavy atom. The van der Waals surface area contributed by atoms with Gasteiger partial charge >= 0.3 is 12.1 Å². The molecule has 1 N–H and O–H groups in total. The topological polar surface area (TPSA) is 66.8 Å². The number of carbonyl (C=O) groups excluding carboxylic acids is 1. The molecule has 1 heterocycles. The van der Waals surface area contributed by atoms with E-state index in [4.69, 9.17) is 4.74 Å². The van der Waals surface area contributed by atoms with Gasteiger partial charge in [0.2, 0.25) is 0 Å². The predicted molar refractivity (Wildman–Crippen MR) is 81.2 cm³/mol. The summed E-state index contributed by atoms with van der Waals surface area (Å²) in [5.74, 6) is -1.68. The van der Waals surface area contributed by atoms with Gasteiger partial charge in [-0.05, 0) is 44.0 Å². The maximum Gasteiger partial charge on any atom is 0.410 e. The van der Waals surface area contributed by atoms with Crippen molar-refractivity contribution in [1.29, 1.82) is 0 Å². The second-order valence-corrected chi connectivity index (χ2v) is 7.01. The van der Waals surface area contributed by atoms with Gasteiger partial charge in [0, 0.05) is 17.6 Å². The zero-order valence-corrected chi connectivity index (χ0v) is 13.8. The van der Waals surface area contributed by atoms with Crippen LogP contribution in [-0.2, 0) is 16.1 Å². The fourth-order valence-corrected chi connectivity index (χ4v) is 2.68. The molecule has 1 unspecified atom stereocenters. The molecule has 0 radical (unpaired) electrons. The van der Waals surface area contributed by atoms with Crippen molar-refractivity contribution in [3.05, 3.63) is 33.8 Å². The van der Waals surface area contributed by atoms with Crippen molar-refractivity contribution < 1.29 is 19.4 Å². The summed E-state index contributed by atoms with van der Waals surface area (Å²) in [6, 6.07) is 5.49. The first-order valence-corrected chi connectivity index (χ1v) is 7.46. The van der Waals surface area contributed by atoms with E-state index >= 15 is 0 Å². The van der Waals surface area contributed by atoms with Crippen LogP contribution in [0.2, 0.25) is 0 Å². The highest BCUT2D eigenvalue weighted by molar-refractivity contribution is 9.10. The van der Waals surface area contributed by atoms with Crippen LogP contribution in [0.15, 0.2) is 22.7 Å². The lowest BCUT2D eigenvalue weighted by Crippen LogP contribution is -2.43. The third-order valence-corrected chi connectivity index (χ3v) is 3.69. The highest BCUT2D eigenvalue weighted by atomic mass is 79.9. The normalized spacial score (nSPS) is 18.1. The average molecular weight is 356 g/mol. The number of hydrogen-bond acceptors (Lipinski definition) is 3. The van der Waals surface area contributed by atoms with Crippen molar-refractivity contribution in [1.82, 2.24) is 4.90 Å². The van der Waals surface area contributed by atoms with E-state index < -0.39 is 23.6 Å². The molecule has 0 spiro atoms. The monoisotopic (exact) mass is 355 g/mol. The first-order valence-electron chi connectivity index (χ1n) is 6.66. The third kappa shape index (κ3) is 3.75. The summed E-state index contributed by atoms with van der Waals surface area (Å²) in [4.78, 5) is 25.1. The Labute approximate surface area is 132 Å². The molecule has 0 fully saturated rings. The first-order chi connectivity index (χ1) is 9.67. The van der Waals surface area contributed by atoms with Crippen molar-refractivity contribution in [2.75, 3.05) is 6.54 Å². The number of carbonyl (C=O) groups is 2. The lowest BCUT2D eigenvalue weighted by Gasteiger charge is -2.34. The van der Waals surface area contributed by atoms with Crippen LogP contribution in [0.4, 0.5) is 4.79 Å². The highest BCUT2D eigenvalue weighted by Gasteiger charge is 2.34. The molecular formula is C15H18BrNO4. The van der Waals surface area contributed by atoms with E-state index in [1.807, 2.05) is 12.1 Å². The molecular weight excluding hydrogens is 338 g/mol. The van der Waals surface area contributed by atoms with Crippen LogP contribution < -0.4 is 0 Å². The van der Waals surface area contributed by atoms with Crippen molar-refractivity contribution in [2.24, 2.45) is 0 Å². The fourth-order valence-electron chi connectivity index (χ4n) is 2.30. The van der Waals surface area contributed by atoms with Crippen molar-refractivity contribution >= 4 is 28.0 Å². The maximum absolute atomic E-state index is 12.2. The molecule has 1 atom stereocenters. The number of amides is 1. The van der Waals surface area contributed by atoms with Gasteiger partial charge in [-0.25, -0.2) is 4.79 Å². The van der Waals surface area contributed by atoms with E-state index in [1.165, 1.54) is 4.90 Å². The molecule has 1 amide bonds. The van der Waals surface area contributed by atoms with Gasteiger partial charge in [-0.3, -0.25) is 4.79 Å². The number of carboxylic acid groups (broad SMARTS) is 1. The molecule has 21 heavy (non-hydrogen) atoms. The standard InChI is InChI=1S/C15H18BrNO4/c1-15(2,3)21-14(20)17-7-9-4-5-10(16)6-11(9)12(8-17)13(18)19/h4-6,12H,7-8H2,1-3H3,(H,18,19). The molecule has 0 bridgehead atoms.